The number of fused-ring (bicyclic) bond motifs is 1. The van der Waals surface area contributed by atoms with Crippen LogP contribution in [0.2, 0.25) is 0 Å². The molecule has 1 atom stereocenters. The molecule has 0 fully saturated rings. The minimum absolute atomic E-state index is 0.227. The van der Waals surface area contributed by atoms with Gasteiger partial charge < -0.3 is 9.73 Å². The molecule has 0 aliphatic carbocycles. The fourth-order valence-electron chi connectivity index (χ4n) is 2.43. The number of nitrogens with one attached hydrogen (secondary N) is 1. The van der Waals surface area contributed by atoms with E-state index < -0.39 is 0 Å². The van der Waals surface area contributed by atoms with Crippen molar-refractivity contribution in [3.8, 4) is 0 Å². The Hall–Kier alpha value is -2.63. The van der Waals surface area contributed by atoms with Crippen LogP contribution >= 0.6 is 0 Å². The van der Waals surface area contributed by atoms with E-state index in [0.29, 0.717) is 11.7 Å². The number of carbonyl (C=O) groups is 1. The molecule has 0 aliphatic heterocycles. The molecule has 6 heteroatoms. The van der Waals surface area contributed by atoms with Crippen LogP contribution in [-0.4, -0.2) is 20.5 Å². The van der Waals surface area contributed by atoms with Crippen LogP contribution in [0, 0.1) is 5.92 Å². The molecule has 0 spiro atoms. The van der Waals surface area contributed by atoms with Crippen molar-refractivity contribution in [2.75, 3.05) is 0 Å². The van der Waals surface area contributed by atoms with Crippen molar-refractivity contribution in [1.82, 2.24) is 19.9 Å². The van der Waals surface area contributed by atoms with E-state index in [9.17, 15) is 4.79 Å². The Morgan fingerprint density at radius 3 is 2.86 bits per heavy atom. The SMILES string of the molecule is CC(C)C[C@H](NC(=O)c1ccco1)c1nnc2ccccn12. The molecule has 3 rings (SSSR count). The maximum Gasteiger partial charge on any atom is 0.287 e. The van der Waals surface area contributed by atoms with Gasteiger partial charge in [0.25, 0.3) is 5.91 Å². The first-order valence-electron chi connectivity index (χ1n) is 7.29. The normalized spacial score (nSPS) is 12.7. The summed E-state index contributed by atoms with van der Waals surface area (Å²) in [7, 11) is 0. The predicted octanol–water partition coefficient (Wildman–Crippen LogP) is 2.84. The van der Waals surface area contributed by atoms with E-state index in [-0.39, 0.29) is 11.9 Å². The first-order chi connectivity index (χ1) is 10.6. The molecule has 1 N–H and O–H groups in total. The predicted molar refractivity (Wildman–Crippen MR) is 81.4 cm³/mol. The van der Waals surface area contributed by atoms with Crippen LogP contribution < -0.4 is 5.32 Å². The fourth-order valence-corrected chi connectivity index (χ4v) is 2.43. The Morgan fingerprint density at radius 1 is 1.27 bits per heavy atom. The molecule has 0 radical (unpaired) electrons. The first-order valence-corrected chi connectivity index (χ1v) is 7.29. The number of pyridine rings is 1. The lowest BCUT2D eigenvalue weighted by molar-refractivity contribution is 0.0901. The standard InChI is InChI=1S/C16H18N4O2/c1-11(2)10-12(17-16(21)13-6-5-9-22-13)15-19-18-14-7-3-4-8-20(14)15/h3-9,11-12H,10H2,1-2H3,(H,17,21)/t12-/m0/s1. The van der Waals surface area contributed by atoms with Crippen LogP contribution in [0.5, 0.6) is 0 Å². The molecule has 0 aliphatic rings. The van der Waals surface area contributed by atoms with E-state index in [1.807, 2.05) is 28.8 Å². The molecule has 0 bridgehead atoms. The van der Waals surface area contributed by atoms with E-state index in [1.165, 1.54) is 6.26 Å². The van der Waals surface area contributed by atoms with Gasteiger partial charge in [0.2, 0.25) is 0 Å². The molecule has 6 nitrogen and oxygen atoms in total. The molecule has 0 aromatic carbocycles. The number of amides is 1. The zero-order chi connectivity index (χ0) is 15.5. The second-order valence-electron chi connectivity index (χ2n) is 5.62. The molecule has 22 heavy (non-hydrogen) atoms. The van der Waals surface area contributed by atoms with Crippen molar-refractivity contribution in [3.63, 3.8) is 0 Å². The van der Waals surface area contributed by atoms with Crippen molar-refractivity contribution >= 4 is 11.6 Å². The van der Waals surface area contributed by atoms with Gasteiger partial charge in [-0.05, 0) is 36.6 Å². The zero-order valence-electron chi connectivity index (χ0n) is 12.6. The number of furan rings is 1. The summed E-state index contributed by atoms with van der Waals surface area (Å²) in [5.41, 5.74) is 0.763. The zero-order valence-corrected chi connectivity index (χ0v) is 12.6. The van der Waals surface area contributed by atoms with Crippen LogP contribution in [0.1, 0.15) is 42.7 Å². The fraction of sp³-hybridized carbons (Fsp3) is 0.312. The monoisotopic (exact) mass is 298 g/mol. The second kappa shape index (κ2) is 6.01. The summed E-state index contributed by atoms with van der Waals surface area (Å²) in [6.45, 7) is 4.21. The molecular weight excluding hydrogens is 280 g/mol. The summed E-state index contributed by atoms with van der Waals surface area (Å²) in [5, 5.41) is 11.4. The van der Waals surface area contributed by atoms with Gasteiger partial charge in [0.05, 0.1) is 12.3 Å². The highest BCUT2D eigenvalue weighted by atomic mass is 16.3. The Morgan fingerprint density at radius 2 is 2.14 bits per heavy atom. The van der Waals surface area contributed by atoms with Gasteiger partial charge in [-0.25, -0.2) is 0 Å². The average Bonchev–Trinajstić information content (AvgIpc) is 3.16. The van der Waals surface area contributed by atoms with E-state index in [4.69, 9.17) is 4.42 Å². The highest BCUT2D eigenvalue weighted by Crippen LogP contribution is 2.21. The van der Waals surface area contributed by atoms with Crippen molar-refractivity contribution in [2.45, 2.75) is 26.3 Å². The molecule has 0 unspecified atom stereocenters. The molecule has 0 saturated heterocycles. The van der Waals surface area contributed by atoms with Crippen LogP contribution in [0.3, 0.4) is 0 Å². The van der Waals surface area contributed by atoms with Crippen molar-refractivity contribution < 1.29 is 9.21 Å². The average molecular weight is 298 g/mol. The molecule has 3 aromatic rings. The van der Waals surface area contributed by atoms with Gasteiger partial charge in [0.1, 0.15) is 0 Å². The number of aromatic nitrogens is 3. The molecular formula is C16H18N4O2. The Bertz CT molecular complexity index is 761. The molecule has 3 heterocycles. The van der Waals surface area contributed by atoms with Crippen molar-refractivity contribution in [1.29, 1.82) is 0 Å². The summed E-state index contributed by atoms with van der Waals surface area (Å²) in [6.07, 6.45) is 4.15. The van der Waals surface area contributed by atoms with Crippen LogP contribution in [0.15, 0.2) is 47.2 Å². The van der Waals surface area contributed by atoms with Gasteiger partial charge in [-0.3, -0.25) is 9.20 Å². The van der Waals surface area contributed by atoms with Crippen molar-refractivity contribution in [3.05, 3.63) is 54.4 Å². The Labute approximate surface area is 128 Å². The van der Waals surface area contributed by atoms with E-state index in [2.05, 4.69) is 29.4 Å². The summed E-state index contributed by atoms with van der Waals surface area (Å²) < 4.78 is 7.05. The highest BCUT2D eigenvalue weighted by Gasteiger charge is 2.23. The minimum atomic E-state index is -0.247. The van der Waals surface area contributed by atoms with Gasteiger partial charge in [0, 0.05) is 6.20 Å². The van der Waals surface area contributed by atoms with Gasteiger partial charge in [-0.15, -0.1) is 10.2 Å². The summed E-state index contributed by atoms with van der Waals surface area (Å²) in [6, 6.07) is 8.82. The van der Waals surface area contributed by atoms with Crippen LogP contribution in [0.25, 0.3) is 5.65 Å². The van der Waals surface area contributed by atoms with Gasteiger partial charge >= 0.3 is 0 Å². The third-order valence-electron chi connectivity index (χ3n) is 3.41. The summed E-state index contributed by atoms with van der Waals surface area (Å²) >= 11 is 0. The van der Waals surface area contributed by atoms with Gasteiger partial charge in [-0.1, -0.05) is 19.9 Å². The topological polar surface area (TPSA) is 72.4 Å². The van der Waals surface area contributed by atoms with E-state index >= 15 is 0 Å². The lowest BCUT2D eigenvalue weighted by Gasteiger charge is -2.18. The number of nitrogens with zero attached hydrogens (tertiary/aromatic N) is 3. The smallest absolute Gasteiger partial charge is 0.287 e. The lowest BCUT2D eigenvalue weighted by Crippen LogP contribution is -2.30. The summed E-state index contributed by atoms with van der Waals surface area (Å²) in [5.74, 6) is 1.17. The minimum Gasteiger partial charge on any atom is -0.459 e. The number of hydrogen-bond donors (Lipinski definition) is 1. The quantitative estimate of drug-likeness (QED) is 0.786. The lowest BCUT2D eigenvalue weighted by atomic mass is 10.0. The van der Waals surface area contributed by atoms with Gasteiger partial charge in [-0.2, -0.15) is 0 Å². The number of hydrogen-bond acceptors (Lipinski definition) is 4. The molecule has 114 valence electrons. The second-order valence-corrected chi connectivity index (χ2v) is 5.62. The Kier molecular flexibility index (Phi) is 3.91. The third-order valence-corrected chi connectivity index (χ3v) is 3.41. The highest BCUT2D eigenvalue weighted by molar-refractivity contribution is 5.91. The van der Waals surface area contributed by atoms with Crippen LogP contribution in [0.4, 0.5) is 0 Å². The third kappa shape index (κ3) is 2.86. The maximum atomic E-state index is 12.3. The van der Waals surface area contributed by atoms with E-state index in [1.54, 1.807) is 12.1 Å². The largest absolute Gasteiger partial charge is 0.459 e. The first kappa shape index (κ1) is 14.3. The maximum absolute atomic E-state index is 12.3. The summed E-state index contributed by atoms with van der Waals surface area (Å²) in [4.78, 5) is 12.3. The van der Waals surface area contributed by atoms with Gasteiger partial charge in [0.15, 0.2) is 17.2 Å². The molecule has 3 aromatic heterocycles. The molecule has 1 amide bonds. The van der Waals surface area contributed by atoms with Crippen LogP contribution in [-0.2, 0) is 0 Å². The van der Waals surface area contributed by atoms with E-state index in [0.717, 1.165) is 17.9 Å². The number of carbonyl (C=O) groups excluding carboxylic acids is 1. The Balaban J connectivity index is 1.91. The molecule has 0 saturated carbocycles. The number of rotatable bonds is 5. The van der Waals surface area contributed by atoms with Crippen molar-refractivity contribution in [2.24, 2.45) is 5.92 Å².